The number of hydrogen-bond acceptors (Lipinski definition) is 3. The number of piperidine rings is 1. The number of hydrogen-bond donors (Lipinski definition) is 2. The van der Waals surface area contributed by atoms with Crippen molar-refractivity contribution in [1.29, 1.82) is 0 Å². The summed E-state index contributed by atoms with van der Waals surface area (Å²) in [5, 5.41) is 11.1. The summed E-state index contributed by atoms with van der Waals surface area (Å²) in [4.78, 5) is 6.98. The number of rotatable bonds is 7. The number of halogens is 1. The molecule has 0 spiro atoms. The van der Waals surface area contributed by atoms with Gasteiger partial charge < -0.3 is 10.6 Å². The van der Waals surface area contributed by atoms with E-state index in [4.69, 9.17) is 0 Å². The second-order valence-corrected chi connectivity index (χ2v) is 8.14. The lowest BCUT2D eigenvalue weighted by atomic mass is 9.88. The van der Waals surface area contributed by atoms with Crippen LogP contribution in [0.1, 0.15) is 40.5 Å². The maximum Gasteiger partial charge on any atom is 0.191 e. The summed E-state index contributed by atoms with van der Waals surface area (Å²) < 4.78 is 1.96. The van der Waals surface area contributed by atoms with Crippen molar-refractivity contribution in [2.45, 2.75) is 52.6 Å². The van der Waals surface area contributed by atoms with E-state index >= 15 is 0 Å². The average molecular weight is 476 g/mol. The Hall–Kier alpha value is -0.830. The highest BCUT2D eigenvalue weighted by Crippen LogP contribution is 2.26. The first-order valence-corrected chi connectivity index (χ1v) is 9.57. The van der Waals surface area contributed by atoms with Gasteiger partial charge in [0.15, 0.2) is 5.96 Å². The molecule has 6 nitrogen and oxygen atoms in total. The molecule has 1 saturated heterocycles. The maximum atomic E-state index is 4.35. The Morgan fingerprint density at radius 3 is 2.50 bits per heavy atom. The molecule has 0 amide bonds. The Morgan fingerprint density at radius 2 is 1.92 bits per heavy atom. The second-order valence-electron chi connectivity index (χ2n) is 8.14. The van der Waals surface area contributed by atoms with Crippen LogP contribution in [0.15, 0.2) is 23.5 Å². The monoisotopic (exact) mass is 476 g/mol. The van der Waals surface area contributed by atoms with Gasteiger partial charge >= 0.3 is 0 Å². The summed E-state index contributed by atoms with van der Waals surface area (Å²) in [7, 11) is 1.83. The van der Waals surface area contributed by atoms with Crippen LogP contribution in [0.2, 0.25) is 0 Å². The van der Waals surface area contributed by atoms with Gasteiger partial charge in [0.25, 0.3) is 0 Å². The Morgan fingerprint density at radius 1 is 1.23 bits per heavy atom. The molecule has 2 rings (SSSR count). The van der Waals surface area contributed by atoms with Gasteiger partial charge in [0.2, 0.25) is 0 Å². The fourth-order valence-electron chi connectivity index (χ4n) is 3.67. The summed E-state index contributed by atoms with van der Waals surface area (Å²) >= 11 is 0. The van der Waals surface area contributed by atoms with Gasteiger partial charge in [-0.1, -0.05) is 13.8 Å². The summed E-state index contributed by atoms with van der Waals surface area (Å²) in [5.74, 6) is 2.44. The molecule has 7 heteroatoms. The topological polar surface area (TPSA) is 57.5 Å². The molecule has 0 bridgehead atoms. The molecule has 0 radical (unpaired) electrons. The Kier molecular flexibility index (Phi) is 9.92. The molecule has 2 N–H and O–H groups in total. The van der Waals surface area contributed by atoms with Gasteiger partial charge in [-0.3, -0.25) is 14.6 Å². The molecule has 26 heavy (non-hydrogen) atoms. The maximum absolute atomic E-state index is 4.35. The van der Waals surface area contributed by atoms with Crippen LogP contribution in [-0.2, 0) is 6.54 Å². The Balaban J connectivity index is 0.00000338. The minimum absolute atomic E-state index is 0. The van der Waals surface area contributed by atoms with E-state index in [2.05, 4.69) is 53.3 Å². The highest BCUT2D eigenvalue weighted by Gasteiger charge is 2.32. The quantitative estimate of drug-likeness (QED) is 0.275. The highest BCUT2D eigenvalue weighted by atomic mass is 127. The Labute approximate surface area is 176 Å². The molecule has 150 valence electrons. The van der Waals surface area contributed by atoms with Gasteiger partial charge in [0.05, 0.1) is 0 Å². The lowest BCUT2D eigenvalue weighted by molar-refractivity contribution is 0.0483. The van der Waals surface area contributed by atoms with E-state index < -0.39 is 0 Å². The number of guanidine groups is 1. The number of aromatic nitrogens is 2. The molecule has 1 aliphatic rings. The van der Waals surface area contributed by atoms with Crippen molar-refractivity contribution >= 4 is 29.9 Å². The third-order valence-corrected chi connectivity index (χ3v) is 5.05. The van der Waals surface area contributed by atoms with Crippen molar-refractivity contribution in [3.63, 3.8) is 0 Å². The average Bonchev–Trinajstić information content (AvgIpc) is 3.06. The minimum atomic E-state index is 0. The molecular weight excluding hydrogens is 439 g/mol. The van der Waals surface area contributed by atoms with Gasteiger partial charge in [-0.25, -0.2) is 0 Å². The van der Waals surface area contributed by atoms with E-state index in [9.17, 15) is 0 Å². The van der Waals surface area contributed by atoms with Crippen molar-refractivity contribution in [2.24, 2.45) is 16.8 Å². The highest BCUT2D eigenvalue weighted by molar-refractivity contribution is 14.0. The van der Waals surface area contributed by atoms with Crippen LogP contribution in [0.4, 0.5) is 0 Å². The minimum Gasteiger partial charge on any atom is -0.356 e. The van der Waals surface area contributed by atoms with Crippen LogP contribution in [0, 0.1) is 11.8 Å². The van der Waals surface area contributed by atoms with Crippen molar-refractivity contribution < 1.29 is 0 Å². The van der Waals surface area contributed by atoms with Gasteiger partial charge in [0, 0.05) is 57.7 Å². The van der Waals surface area contributed by atoms with Gasteiger partial charge in [-0.2, -0.15) is 5.10 Å². The van der Waals surface area contributed by atoms with Crippen molar-refractivity contribution in [1.82, 2.24) is 25.3 Å². The molecule has 1 aromatic rings. The van der Waals surface area contributed by atoms with Crippen LogP contribution in [0.5, 0.6) is 0 Å². The summed E-state index contributed by atoms with van der Waals surface area (Å²) in [6.45, 7) is 14.5. The lowest BCUT2D eigenvalue weighted by Gasteiger charge is -2.45. The SMILES string of the molecule is CN=C(NCCCn1cccn1)NCC(C)(C)N1CC(C)CC(C)C1.I. The van der Waals surface area contributed by atoms with Crippen LogP contribution in [0.25, 0.3) is 0 Å². The van der Waals surface area contributed by atoms with Crippen LogP contribution < -0.4 is 10.6 Å². The van der Waals surface area contributed by atoms with E-state index in [-0.39, 0.29) is 29.5 Å². The smallest absolute Gasteiger partial charge is 0.191 e. The molecule has 1 aromatic heterocycles. The number of likely N-dealkylation sites (tertiary alicyclic amines) is 1. The molecule has 0 aliphatic carbocycles. The number of nitrogens with zero attached hydrogens (tertiary/aromatic N) is 4. The summed E-state index contributed by atoms with van der Waals surface area (Å²) in [6, 6.07) is 1.96. The summed E-state index contributed by atoms with van der Waals surface area (Å²) in [6.07, 6.45) is 6.18. The number of nitrogens with one attached hydrogen (secondary N) is 2. The molecule has 2 heterocycles. The van der Waals surface area contributed by atoms with E-state index in [0.717, 1.165) is 43.9 Å². The number of aryl methyl sites for hydroxylation is 1. The van der Waals surface area contributed by atoms with Crippen molar-refractivity contribution in [3.05, 3.63) is 18.5 Å². The van der Waals surface area contributed by atoms with Gasteiger partial charge in [-0.05, 0) is 44.6 Å². The molecule has 0 aromatic carbocycles. The lowest BCUT2D eigenvalue weighted by Crippen LogP contribution is -2.57. The normalized spacial score (nSPS) is 22.0. The Bertz CT molecular complexity index is 518. The van der Waals surface area contributed by atoms with Crippen LogP contribution in [-0.4, -0.2) is 59.4 Å². The predicted molar refractivity (Wildman–Crippen MR) is 120 cm³/mol. The van der Waals surface area contributed by atoms with E-state index in [1.807, 2.05) is 30.2 Å². The zero-order valence-corrected chi connectivity index (χ0v) is 19.4. The van der Waals surface area contributed by atoms with E-state index in [0.29, 0.717) is 0 Å². The summed E-state index contributed by atoms with van der Waals surface area (Å²) in [5.41, 5.74) is 0.121. The first kappa shape index (κ1) is 23.2. The predicted octanol–water partition coefficient (Wildman–Crippen LogP) is 2.81. The first-order chi connectivity index (χ1) is 11.9. The van der Waals surface area contributed by atoms with Gasteiger partial charge in [0.1, 0.15) is 0 Å². The van der Waals surface area contributed by atoms with Crippen LogP contribution in [0.3, 0.4) is 0 Å². The largest absolute Gasteiger partial charge is 0.356 e. The van der Waals surface area contributed by atoms with E-state index in [1.165, 1.54) is 19.5 Å². The van der Waals surface area contributed by atoms with Gasteiger partial charge in [-0.15, -0.1) is 24.0 Å². The molecule has 1 aliphatic heterocycles. The molecule has 0 saturated carbocycles. The van der Waals surface area contributed by atoms with Crippen LogP contribution >= 0.6 is 24.0 Å². The first-order valence-electron chi connectivity index (χ1n) is 9.57. The molecule has 2 unspecified atom stereocenters. The zero-order valence-electron chi connectivity index (χ0n) is 17.0. The fraction of sp³-hybridized carbons (Fsp3) is 0.789. The van der Waals surface area contributed by atoms with Crippen molar-refractivity contribution in [2.75, 3.05) is 33.2 Å². The third-order valence-electron chi connectivity index (χ3n) is 5.05. The molecular formula is C19H37IN6. The van der Waals surface area contributed by atoms with Crippen molar-refractivity contribution in [3.8, 4) is 0 Å². The number of aliphatic imine (C=N–C) groups is 1. The molecule has 2 atom stereocenters. The molecule has 1 fully saturated rings. The fourth-order valence-corrected chi connectivity index (χ4v) is 3.67. The van der Waals surface area contributed by atoms with E-state index in [1.54, 1.807) is 0 Å². The standard InChI is InChI=1S/C19H36N6.HI/c1-16-12-17(2)14-24(13-16)19(3,4)15-22-18(20-5)21-8-6-10-25-11-7-9-23-25;/h7,9,11,16-17H,6,8,10,12-15H2,1-5H3,(H2,20,21,22);1H. The second kappa shape index (κ2) is 11.1. The third kappa shape index (κ3) is 7.42. The zero-order chi connectivity index (χ0) is 18.3.